The van der Waals surface area contributed by atoms with E-state index in [0.717, 1.165) is 0 Å². The van der Waals surface area contributed by atoms with Crippen LogP contribution in [-0.2, 0) is 0 Å². The van der Waals surface area contributed by atoms with E-state index in [1.165, 1.54) is 12.4 Å². The maximum absolute atomic E-state index is 10.6. The molecule has 0 radical (unpaired) electrons. The number of rotatable bonds is 2. The van der Waals surface area contributed by atoms with Crippen LogP contribution in [0.5, 0.6) is 5.75 Å². The molecule has 2 amide bonds. The third-order valence-corrected chi connectivity index (χ3v) is 1.95. The molecular weight excluding hydrogens is 222 g/mol. The maximum atomic E-state index is 10.6. The Morgan fingerprint density at radius 3 is 2.76 bits per heavy atom. The van der Waals surface area contributed by atoms with Crippen molar-refractivity contribution in [3.05, 3.63) is 30.6 Å². The number of hydrogen-bond donors (Lipinski definition) is 3. The number of para-hydroxylation sites is 1. The number of phenols is 1. The van der Waals surface area contributed by atoms with E-state index in [1.807, 2.05) is 0 Å². The largest absolute Gasteiger partial charge is 0.507 e. The fourth-order valence-electron chi connectivity index (χ4n) is 1.26. The van der Waals surface area contributed by atoms with E-state index in [1.54, 1.807) is 18.2 Å². The number of urea groups is 1. The summed E-state index contributed by atoms with van der Waals surface area (Å²) in [6.07, 6.45) is 1.22. The van der Waals surface area contributed by atoms with Crippen LogP contribution in [0, 0.1) is 0 Å². The number of aromatic nitrogens is 3. The summed E-state index contributed by atoms with van der Waals surface area (Å²) in [6.45, 7) is 0. The molecule has 0 aliphatic rings. The molecule has 0 spiro atoms. The average molecular weight is 231 g/mol. The highest BCUT2D eigenvalue weighted by Gasteiger charge is 2.08. The molecule has 0 aliphatic carbocycles. The highest BCUT2D eigenvalue weighted by Crippen LogP contribution is 2.25. The minimum Gasteiger partial charge on any atom is -0.507 e. The summed E-state index contributed by atoms with van der Waals surface area (Å²) in [4.78, 5) is 22.2. The fourth-order valence-corrected chi connectivity index (χ4v) is 1.26. The lowest BCUT2D eigenvalue weighted by Gasteiger charge is -2.04. The van der Waals surface area contributed by atoms with Gasteiger partial charge in [0.1, 0.15) is 12.1 Å². The second-order valence-electron chi connectivity index (χ2n) is 3.14. The second-order valence-corrected chi connectivity index (χ2v) is 3.14. The van der Waals surface area contributed by atoms with Crippen LogP contribution in [0.2, 0.25) is 0 Å². The zero-order valence-electron chi connectivity index (χ0n) is 8.66. The van der Waals surface area contributed by atoms with Crippen molar-refractivity contribution in [3.8, 4) is 17.1 Å². The number of phenolic OH excluding ortho intramolecular Hbond substituents is 1. The molecule has 1 heterocycles. The van der Waals surface area contributed by atoms with Gasteiger partial charge < -0.3 is 10.8 Å². The molecule has 0 saturated heterocycles. The molecular formula is C10H9N5O2. The van der Waals surface area contributed by atoms with Crippen molar-refractivity contribution in [1.82, 2.24) is 15.0 Å². The van der Waals surface area contributed by atoms with Gasteiger partial charge in [-0.25, -0.2) is 14.8 Å². The Morgan fingerprint density at radius 1 is 1.29 bits per heavy atom. The first kappa shape index (κ1) is 10.8. The molecule has 0 atom stereocenters. The standard InChI is InChI=1S/C10H9N5O2/c11-9(17)15-10-13-5-12-8(14-10)6-3-1-2-4-7(6)16/h1-5,16H,(H3,11,12,13,14,15,17). The molecule has 86 valence electrons. The van der Waals surface area contributed by atoms with Crippen molar-refractivity contribution in [2.75, 3.05) is 5.32 Å². The van der Waals surface area contributed by atoms with Crippen molar-refractivity contribution < 1.29 is 9.90 Å². The number of aromatic hydroxyl groups is 1. The molecule has 0 unspecified atom stereocenters. The summed E-state index contributed by atoms with van der Waals surface area (Å²) in [6, 6.07) is 5.82. The molecule has 0 fully saturated rings. The van der Waals surface area contributed by atoms with E-state index in [9.17, 15) is 9.90 Å². The molecule has 7 heteroatoms. The first-order valence-corrected chi connectivity index (χ1v) is 4.70. The van der Waals surface area contributed by atoms with Gasteiger partial charge in [-0.05, 0) is 12.1 Å². The van der Waals surface area contributed by atoms with E-state index < -0.39 is 6.03 Å². The molecule has 4 N–H and O–H groups in total. The SMILES string of the molecule is NC(=O)Nc1ncnc(-c2ccccc2O)n1. The van der Waals surface area contributed by atoms with Crippen LogP contribution >= 0.6 is 0 Å². The zero-order chi connectivity index (χ0) is 12.3. The van der Waals surface area contributed by atoms with E-state index in [2.05, 4.69) is 20.3 Å². The number of benzene rings is 1. The first-order chi connectivity index (χ1) is 8.16. The van der Waals surface area contributed by atoms with Gasteiger partial charge in [0, 0.05) is 0 Å². The third-order valence-electron chi connectivity index (χ3n) is 1.95. The Hall–Kier alpha value is -2.70. The van der Waals surface area contributed by atoms with Crippen LogP contribution in [0.4, 0.5) is 10.7 Å². The number of nitrogens with one attached hydrogen (secondary N) is 1. The Labute approximate surface area is 96.4 Å². The quantitative estimate of drug-likeness (QED) is 0.705. The van der Waals surface area contributed by atoms with Crippen LogP contribution < -0.4 is 11.1 Å². The molecule has 2 rings (SSSR count). The predicted octanol–water partition coefficient (Wildman–Crippen LogP) is 0.735. The summed E-state index contributed by atoms with van der Waals surface area (Å²) in [5.74, 6) is 0.330. The lowest BCUT2D eigenvalue weighted by atomic mass is 10.2. The molecule has 7 nitrogen and oxygen atoms in total. The lowest BCUT2D eigenvalue weighted by molar-refractivity contribution is 0.259. The smallest absolute Gasteiger partial charge is 0.319 e. The molecule has 1 aromatic heterocycles. The van der Waals surface area contributed by atoms with Crippen molar-refractivity contribution in [3.63, 3.8) is 0 Å². The zero-order valence-corrected chi connectivity index (χ0v) is 8.66. The number of hydrogen-bond acceptors (Lipinski definition) is 5. The molecule has 1 aromatic carbocycles. The van der Waals surface area contributed by atoms with Gasteiger partial charge in [0.05, 0.1) is 5.56 Å². The number of amides is 2. The highest BCUT2D eigenvalue weighted by atomic mass is 16.3. The number of carbonyl (C=O) groups is 1. The first-order valence-electron chi connectivity index (χ1n) is 4.70. The van der Waals surface area contributed by atoms with Gasteiger partial charge in [0.25, 0.3) is 0 Å². The Balaban J connectivity index is 2.40. The minimum absolute atomic E-state index is 0.0331. The van der Waals surface area contributed by atoms with Crippen LogP contribution in [0.25, 0.3) is 11.4 Å². The van der Waals surface area contributed by atoms with Gasteiger partial charge in [-0.15, -0.1) is 0 Å². The number of carbonyl (C=O) groups excluding carboxylic acids is 1. The van der Waals surface area contributed by atoms with Crippen LogP contribution in [0.3, 0.4) is 0 Å². The summed E-state index contributed by atoms with van der Waals surface area (Å²) in [5, 5.41) is 11.9. The van der Waals surface area contributed by atoms with Gasteiger partial charge in [0.15, 0.2) is 5.82 Å². The lowest BCUT2D eigenvalue weighted by Crippen LogP contribution is -2.21. The van der Waals surface area contributed by atoms with Gasteiger partial charge in [0.2, 0.25) is 5.95 Å². The monoisotopic (exact) mass is 231 g/mol. The van der Waals surface area contributed by atoms with Crippen LogP contribution in [0.1, 0.15) is 0 Å². The highest BCUT2D eigenvalue weighted by molar-refractivity contribution is 5.85. The maximum Gasteiger partial charge on any atom is 0.319 e. The van der Waals surface area contributed by atoms with Gasteiger partial charge in [-0.3, -0.25) is 5.32 Å². The Morgan fingerprint density at radius 2 is 2.06 bits per heavy atom. The molecule has 17 heavy (non-hydrogen) atoms. The molecule has 2 aromatic rings. The van der Waals surface area contributed by atoms with Crippen LogP contribution in [-0.4, -0.2) is 26.1 Å². The normalized spacial score (nSPS) is 9.88. The van der Waals surface area contributed by atoms with Gasteiger partial charge >= 0.3 is 6.03 Å². The number of primary amides is 1. The van der Waals surface area contributed by atoms with Crippen molar-refractivity contribution in [2.45, 2.75) is 0 Å². The van der Waals surface area contributed by atoms with Crippen molar-refractivity contribution >= 4 is 12.0 Å². The van der Waals surface area contributed by atoms with Crippen LogP contribution in [0.15, 0.2) is 30.6 Å². The molecule has 0 saturated carbocycles. The van der Waals surface area contributed by atoms with E-state index >= 15 is 0 Å². The Kier molecular flexibility index (Phi) is 2.82. The number of nitrogens with two attached hydrogens (primary N) is 1. The predicted molar refractivity (Wildman–Crippen MR) is 60.1 cm³/mol. The van der Waals surface area contributed by atoms with E-state index in [-0.39, 0.29) is 17.5 Å². The second kappa shape index (κ2) is 4.44. The van der Waals surface area contributed by atoms with E-state index in [0.29, 0.717) is 5.56 Å². The third kappa shape index (κ3) is 2.46. The molecule has 0 aliphatic heterocycles. The van der Waals surface area contributed by atoms with E-state index in [4.69, 9.17) is 5.73 Å². The average Bonchev–Trinajstić information content (AvgIpc) is 2.29. The van der Waals surface area contributed by atoms with Crippen molar-refractivity contribution in [1.29, 1.82) is 0 Å². The number of nitrogens with zero attached hydrogens (tertiary/aromatic N) is 3. The molecule has 0 bridgehead atoms. The summed E-state index contributed by atoms with van der Waals surface area (Å²) < 4.78 is 0. The van der Waals surface area contributed by atoms with Crippen molar-refractivity contribution in [2.24, 2.45) is 5.73 Å². The summed E-state index contributed by atoms with van der Waals surface area (Å²) >= 11 is 0. The Bertz CT molecular complexity index is 558. The fraction of sp³-hybridized carbons (Fsp3) is 0. The summed E-state index contributed by atoms with van der Waals surface area (Å²) in [7, 11) is 0. The van der Waals surface area contributed by atoms with Gasteiger partial charge in [-0.2, -0.15) is 4.98 Å². The minimum atomic E-state index is -0.764. The summed E-state index contributed by atoms with van der Waals surface area (Å²) in [5.41, 5.74) is 5.39. The topological polar surface area (TPSA) is 114 Å². The van der Waals surface area contributed by atoms with Gasteiger partial charge in [-0.1, -0.05) is 12.1 Å². The number of anilines is 1.